The Kier molecular flexibility index (Phi) is 2.18. The van der Waals surface area contributed by atoms with Gasteiger partial charge in [-0.3, -0.25) is 19.7 Å². The molecular formula is C6H4N2O5. The number of nitrogens with zero attached hydrogens (tertiary/aromatic N) is 2. The number of rotatable bonds is 2. The highest BCUT2D eigenvalue weighted by molar-refractivity contribution is 6.06. The summed E-state index contributed by atoms with van der Waals surface area (Å²) in [5, 5.41) is 18.6. The third-order valence-corrected chi connectivity index (χ3v) is 1.40. The lowest BCUT2D eigenvalue weighted by molar-refractivity contribution is -0.414. The van der Waals surface area contributed by atoms with Crippen molar-refractivity contribution in [1.29, 1.82) is 0 Å². The van der Waals surface area contributed by atoms with Crippen molar-refractivity contribution in [3.8, 4) is 0 Å². The molecule has 0 fully saturated rings. The number of dihydropyridines is 1. The van der Waals surface area contributed by atoms with Crippen molar-refractivity contribution < 1.29 is 19.6 Å². The van der Waals surface area contributed by atoms with Gasteiger partial charge in [-0.15, -0.1) is 0 Å². The van der Waals surface area contributed by atoms with Crippen molar-refractivity contribution in [2.75, 3.05) is 0 Å². The maximum Gasteiger partial charge on any atom is 0.320 e. The lowest BCUT2D eigenvalue weighted by atomic mass is 10.1. The van der Waals surface area contributed by atoms with Gasteiger partial charge in [0.2, 0.25) is 0 Å². The van der Waals surface area contributed by atoms with E-state index in [9.17, 15) is 19.7 Å². The summed E-state index contributed by atoms with van der Waals surface area (Å²) in [5.41, 5.74) is -0.480. The molecule has 0 saturated carbocycles. The summed E-state index contributed by atoms with van der Waals surface area (Å²) >= 11 is 0. The van der Waals surface area contributed by atoms with Crippen LogP contribution in [0.3, 0.4) is 0 Å². The summed E-state index contributed by atoms with van der Waals surface area (Å²) in [6.45, 7) is 0. The first-order valence-electron chi connectivity index (χ1n) is 3.19. The molecule has 0 saturated heterocycles. The van der Waals surface area contributed by atoms with E-state index in [1.807, 2.05) is 0 Å². The normalized spacial score (nSPS) is 21.1. The van der Waals surface area contributed by atoms with Crippen LogP contribution in [0.5, 0.6) is 0 Å². The average Bonchev–Trinajstić information content (AvgIpc) is 2.04. The van der Waals surface area contributed by atoms with Gasteiger partial charge in [0.1, 0.15) is 6.21 Å². The molecule has 0 radical (unpaired) electrons. The van der Waals surface area contributed by atoms with E-state index in [2.05, 4.69) is 4.99 Å². The Labute approximate surface area is 71.5 Å². The van der Waals surface area contributed by atoms with Crippen molar-refractivity contribution in [2.45, 2.75) is 0 Å². The number of carbonyl (C=O) groups excluding carboxylic acids is 1. The zero-order valence-electron chi connectivity index (χ0n) is 6.21. The fraction of sp³-hybridized carbons (Fsp3) is 0.167. The van der Waals surface area contributed by atoms with Crippen LogP contribution in [0.2, 0.25) is 0 Å². The molecule has 0 spiro atoms. The second-order valence-corrected chi connectivity index (χ2v) is 2.26. The van der Waals surface area contributed by atoms with Crippen molar-refractivity contribution in [3.63, 3.8) is 0 Å². The van der Waals surface area contributed by atoms with E-state index in [1.54, 1.807) is 0 Å². The van der Waals surface area contributed by atoms with E-state index in [0.29, 0.717) is 0 Å². The predicted molar refractivity (Wildman–Crippen MR) is 39.7 cm³/mol. The molecular weight excluding hydrogens is 180 g/mol. The highest BCUT2D eigenvalue weighted by Crippen LogP contribution is 2.11. The molecule has 1 amide bonds. The van der Waals surface area contributed by atoms with Gasteiger partial charge in [0, 0.05) is 6.08 Å². The lowest BCUT2D eigenvalue weighted by Gasteiger charge is -2.04. The van der Waals surface area contributed by atoms with Crippen LogP contribution < -0.4 is 0 Å². The molecule has 1 aliphatic rings. The predicted octanol–water partition coefficient (Wildman–Crippen LogP) is -0.541. The quantitative estimate of drug-likeness (QED) is 0.352. The van der Waals surface area contributed by atoms with Gasteiger partial charge in [-0.2, -0.15) is 0 Å². The molecule has 68 valence electrons. The maximum atomic E-state index is 10.8. The van der Waals surface area contributed by atoms with Crippen LogP contribution in [0.1, 0.15) is 0 Å². The summed E-state index contributed by atoms with van der Waals surface area (Å²) < 4.78 is 0. The third kappa shape index (κ3) is 1.75. The summed E-state index contributed by atoms with van der Waals surface area (Å²) in [6.07, 6.45) is 1.50. The third-order valence-electron chi connectivity index (χ3n) is 1.40. The summed E-state index contributed by atoms with van der Waals surface area (Å²) in [5.74, 6) is -3.88. The Morgan fingerprint density at radius 3 is 2.77 bits per heavy atom. The van der Waals surface area contributed by atoms with Crippen LogP contribution in [0.15, 0.2) is 16.8 Å². The molecule has 1 unspecified atom stereocenters. The van der Waals surface area contributed by atoms with Crippen molar-refractivity contribution in [3.05, 3.63) is 21.9 Å². The van der Waals surface area contributed by atoms with Gasteiger partial charge in [0.05, 0.1) is 4.92 Å². The molecule has 0 aliphatic carbocycles. The van der Waals surface area contributed by atoms with E-state index in [1.165, 1.54) is 0 Å². The molecule has 7 nitrogen and oxygen atoms in total. The SMILES string of the molecule is O=C(O)C1C=C([N+](=O)[O-])C=NC1=O. The second kappa shape index (κ2) is 3.13. The molecule has 0 aromatic heterocycles. The number of nitro groups is 1. The van der Waals surface area contributed by atoms with Crippen LogP contribution in [0.4, 0.5) is 0 Å². The molecule has 1 rings (SSSR count). The summed E-state index contributed by atoms with van der Waals surface area (Å²) in [4.78, 5) is 33.6. The average molecular weight is 184 g/mol. The fourth-order valence-electron chi connectivity index (χ4n) is 0.780. The number of hydrogen-bond acceptors (Lipinski definition) is 4. The molecule has 1 atom stereocenters. The lowest BCUT2D eigenvalue weighted by Crippen LogP contribution is -2.25. The zero-order chi connectivity index (χ0) is 10.0. The minimum atomic E-state index is -1.54. The minimum Gasteiger partial charge on any atom is -0.480 e. The smallest absolute Gasteiger partial charge is 0.320 e. The van der Waals surface area contributed by atoms with Gasteiger partial charge in [-0.25, -0.2) is 4.99 Å². The molecule has 7 heteroatoms. The minimum absolute atomic E-state index is 0.480. The van der Waals surface area contributed by atoms with Crippen LogP contribution in [0.25, 0.3) is 0 Å². The number of carbonyl (C=O) groups is 2. The highest BCUT2D eigenvalue weighted by Gasteiger charge is 2.30. The summed E-state index contributed by atoms with van der Waals surface area (Å²) in [7, 11) is 0. The highest BCUT2D eigenvalue weighted by atomic mass is 16.6. The monoisotopic (exact) mass is 184 g/mol. The van der Waals surface area contributed by atoms with Gasteiger partial charge in [-0.05, 0) is 0 Å². The Balaban J connectivity index is 3.00. The van der Waals surface area contributed by atoms with Crippen LogP contribution in [0, 0.1) is 16.0 Å². The number of allylic oxidation sites excluding steroid dienone is 1. The Hall–Kier alpha value is -2.05. The van der Waals surface area contributed by atoms with Gasteiger partial charge >= 0.3 is 5.97 Å². The Bertz CT molecular complexity index is 343. The number of aliphatic imine (C=N–C) groups is 1. The molecule has 1 heterocycles. The van der Waals surface area contributed by atoms with E-state index < -0.39 is 28.4 Å². The van der Waals surface area contributed by atoms with Gasteiger partial charge < -0.3 is 5.11 Å². The first kappa shape index (κ1) is 9.04. The largest absolute Gasteiger partial charge is 0.480 e. The molecule has 1 aliphatic heterocycles. The van der Waals surface area contributed by atoms with Crippen molar-refractivity contribution in [2.24, 2.45) is 10.9 Å². The van der Waals surface area contributed by atoms with Crippen LogP contribution >= 0.6 is 0 Å². The van der Waals surface area contributed by atoms with E-state index in [-0.39, 0.29) is 0 Å². The summed E-state index contributed by atoms with van der Waals surface area (Å²) in [6, 6.07) is 0. The Morgan fingerprint density at radius 2 is 2.31 bits per heavy atom. The maximum absolute atomic E-state index is 10.8. The zero-order valence-corrected chi connectivity index (χ0v) is 6.21. The molecule has 13 heavy (non-hydrogen) atoms. The first-order valence-corrected chi connectivity index (χ1v) is 3.19. The van der Waals surface area contributed by atoms with E-state index in [4.69, 9.17) is 5.11 Å². The van der Waals surface area contributed by atoms with Gasteiger partial charge in [0.25, 0.3) is 11.6 Å². The first-order chi connectivity index (χ1) is 6.02. The van der Waals surface area contributed by atoms with Crippen molar-refractivity contribution >= 4 is 18.1 Å². The second-order valence-electron chi connectivity index (χ2n) is 2.26. The van der Waals surface area contributed by atoms with Crippen molar-refractivity contribution in [1.82, 2.24) is 0 Å². The van der Waals surface area contributed by atoms with E-state index >= 15 is 0 Å². The number of hydrogen-bond donors (Lipinski definition) is 1. The fourth-order valence-corrected chi connectivity index (χ4v) is 0.780. The standard InChI is InChI=1S/C6H4N2O5/c9-5-4(6(10)11)1-3(2-7-5)8(12)13/h1-2,4H,(H,10,11). The Morgan fingerprint density at radius 1 is 1.69 bits per heavy atom. The molecule has 1 N–H and O–H groups in total. The number of amides is 1. The number of carboxylic acids is 1. The number of aliphatic carboxylic acids is 1. The molecule has 0 aromatic carbocycles. The molecule has 0 aromatic rings. The molecule has 0 bridgehead atoms. The topological polar surface area (TPSA) is 110 Å². The van der Waals surface area contributed by atoms with Gasteiger partial charge in [-0.1, -0.05) is 0 Å². The number of carboxylic acid groups (broad SMARTS) is 1. The van der Waals surface area contributed by atoms with E-state index in [0.717, 1.165) is 12.3 Å². The van der Waals surface area contributed by atoms with Crippen LogP contribution in [-0.2, 0) is 9.59 Å². The van der Waals surface area contributed by atoms with Gasteiger partial charge in [0.15, 0.2) is 5.92 Å². The van der Waals surface area contributed by atoms with Crippen LogP contribution in [-0.4, -0.2) is 28.1 Å².